The Balaban J connectivity index is 2.62. The SMILES string of the molecule is CCC(C)Nc1nc(C)cc(NCCN(C)C)n1. The number of aromatic nitrogens is 2. The molecule has 0 fully saturated rings. The van der Waals surface area contributed by atoms with Crippen molar-refractivity contribution in [3.8, 4) is 0 Å². The average molecular weight is 251 g/mol. The lowest BCUT2D eigenvalue weighted by Crippen LogP contribution is -2.22. The van der Waals surface area contributed by atoms with Gasteiger partial charge in [0.25, 0.3) is 0 Å². The third kappa shape index (κ3) is 5.31. The fraction of sp³-hybridized carbons (Fsp3) is 0.692. The second kappa shape index (κ2) is 7.16. The predicted octanol–water partition coefficient (Wildman–Crippen LogP) is 1.97. The zero-order valence-electron chi connectivity index (χ0n) is 12.1. The van der Waals surface area contributed by atoms with Gasteiger partial charge in [-0.3, -0.25) is 0 Å². The Hall–Kier alpha value is -1.36. The van der Waals surface area contributed by atoms with Gasteiger partial charge in [-0.05, 0) is 34.4 Å². The highest BCUT2D eigenvalue weighted by Crippen LogP contribution is 2.10. The second-order valence-corrected chi connectivity index (χ2v) is 4.90. The largest absolute Gasteiger partial charge is 0.369 e. The number of aryl methyl sites for hydroxylation is 1. The zero-order chi connectivity index (χ0) is 13.5. The summed E-state index contributed by atoms with van der Waals surface area (Å²) in [6.45, 7) is 8.12. The van der Waals surface area contributed by atoms with Crippen LogP contribution in [0.2, 0.25) is 0 Å². The summed E-state index contributed by atoms with van der Waals surface area (Å²) in [5, 5.41) is 6.62. The molecule has 0 bridgehead atoms. The summed E-state index contributed by atoms with van der Waals surface area (Å²) in [6.07, 6.45) is 1.06. The Kier molecular flexibility index (Phi) is 5.85. The molecule has 1 atom stereocenters. The first-order valence-electron chi connectivity index (χ1n) is 6.52. The van der Waals surface area contributed by atoms with Crippen LogP contribution in [0.25, 0.3) is 0 Å². The van der Waals surface area contributed by atoms with Crippen LogP contribution in [0.1, 0.15) is 26.0 Å². The van der Waals surface area contributed by atoms with Crippen molar-refractivity contribution in [1.29, 1.82) is 0 Å². The van der Waals surface area contributed by atoms with Gasteiger partial charge < -0.3 is 15.5 Å². The van der Waals surface area contributed by atoms with Gasteiger partial charge in [-0.1, -0.05) is 6.92 Å². The maximum atomic E-state index is 4.47. The van der Waals surface area contributed by atoms with Gasteiger partial charge in [-0.25, -0.2) is 4.98 Å². The van der Waals surface area contributed by atoms with E-state index < -0.39 is 0 Å². The van der Waals surface area contributed by atoms with Crippen molar-refractivity contribution in [2.75, 3.05) is 37.8 Å². The second-order valence-electron chi connectivity index (χ2n) is 4.90. The molecule has 0 radical (unpaired) electrons. The molecule has 1 aromatic heterocycles. The highest BCUT2D eigenvalue weighted by molar-refractivity contribution is 5.42. The Morgan fingerprint density at radius 2 is 2.06 bits per heavy atom. The standard InChI is InChI=1S/C13H25N5/c1-6-10(2)15-13-16-11(3)9-12(17-13)14-7-8-18(4)5/h9-10H,6-8H2,1-5H3,(H2,14,15,16,17). The fourth-order valence-corrected chi connectivity index (χ4v) is 1.45. The summed E-state index contributed by atoms with van der Waals surface area (Å²) in [5.74, 6) is 1.59. The Morgan fingerprint density at radius 1 is 1.33 bits per heavy atom. The number of rotatable bonds is 7. The molecule has 1 unspecified atom stereocenters. The first-order chi connectivity index (χ1) is 8.51. The van der Waals surface area contributed by atoms with Crippen LogP contribution in [0.3, 0.4) is 0 Å². The van der Waals surface area contributed by atoms with Crippen molar-refractivity contribution < 1.29 is 0 Å². The number of nitrogens with zero attached hydrogens (tertiary/aromatic N) is 3. The van der Waals surface area contributed by atoms with Gasteiger partial charge in [0.1, 0.15) is 5.82 Å². The molecule has 0 saturated carbocycles. The minimum atomic E-state index is 0.390. The minimum absolute atomic E-state index is 0.390. The van der Waals surface area contributed by atoms with Crippen LogP contribution in [-0.2, 0) is 0 Å². The van der Waals surface area contributed by atoms with Crippen LogP contribution >= 0.6 is 0 Å². The topological polar surface area (TPSA) is 53.1 Å². The molecule has 0 spiro atoms. The predicted molar refractivity (Wildman–Crippen MR) is 77.2 cm³/mol. The Morgan fingerprint density at radius 3 is 2.67 bits per heavy atom. The summed E-state index contributed by atoms with van der Waals surface area (Å²) in [5.41, 5.74) is 0.975. The number of hydrogen-bond donors (Lipinski definition) is 2. The van der Waals surface area contributed by atoms with Crippen molar-refractivity contribution in [2.24, 2.45) is 0 Å². The smallest absolute Gasteiger partial charge is 0.225 e. The molecular formula is C13H25N5. The lowest BCUT2D eigenvalue weighted by molar-refractivity contribution is 0.425. The molecule has 0 aliphatic carbocycles. The van der Waals surface area contributed by atoms with Crippen LogP contribution in [-0.4, -0.2) is 48.1 Å². The number of likely N-dealkylation sites (N-methyl/N-ethyl adjacent to an activating group) is 1. The molecule has 0 aliphatic rings. The fourth-order valence-electron chi connectivity index (χ4n) is 1.45. The number of hydrogen-bond acceptors (Lipinski definition) is 5. The number of anilines is 2. The first-order valence-corrected chi connectivity index (χ1v) is 6.52. The highest BCUT2D eigenvalue weighted by atomic mass is 15.2. The zero-order valence-corrected chi connectivity index (χ0v) is 12.1. The van der Waals surface area contributed by atoms with Crippen LogP contribution in [0.15, 0.2) is 6.07 Å². The maximum Gasteiger partial charge on any atom is 0.225 e. The van der Waals surface area contributed by atoms with Crippen LogP contribution in [0.5, 0.6) is 0 Å². The summed E-state index contributed by atoms with van der Waals surface area (Å²) >= 11 is 0. The van der Waals surface area contributed by atoms with E-state index in [1.54, 1.807) is 0 Å². The lowest BCUT2D eigenvalue weighted by atomic mass is 10.3. The van der Waals surface area contributed by atoms with E-state index in [1.165, 1.54) is 0 Å². The number of nitrogens with one attached hydrogen (secondary N) is 2. The van der Waals surface area contributed by atoms with Gasteiger partial charge in [0.05, 0.1) is 0 Å². The van der Waals surface area contributed by atoms with Crippen LogP contribution in [0, 0.1) is 6.92 Å². The molecule has 1 heterocycles. The van der Waals surface area contributed by atoms with Gasteiger partial charge in [-0.2, -0.15) is 4.98 Å². The molecule has 0 saturated heterocycles. The van der Waals surface area contributed by atoms with Crippen molar-refractivity contribution in [3.05, 3.63) is 11.8 Å². The quantitative estimate of drug-likeness (QED) is 0.776. The first kappa shape index (κ1) is 14.7. The van der Waals surface area contributed by atoms with E-state index in [0.717, 1.165) is 31.0 Å². The summed E-state index contributed by atoms with van der Waals surface area (Å²) in [7, 11) is 4.12. The molecule has 0 amide bonds. The summed E-state index contributed by atoms with van der Waals surface area (Å²) in [4.78, 5) is 11.0. The minimum Gasteiger partial charge on any atom is -0.369 e. The monoisotopic (exact) mass is 251 g/mol. The molecule has 5 nitrogen and oxygen atoms in total. The van der Waals surface area contributed by atoms with Crippen molar-refractivity contribution >= 4 is 11.8 Å². The van der Waals surface area contributed by atoms with Crippen molar-refractivity contribution in [3.63, 3.8) is 0 Å². The maximum absolute atomic E-state index is 4.47. The van der Waals surface area contributed by atoms with E-state index in [9.17, 15) is 0 Å². The Labute approximate surface area is 110 Å². The summed E-state index contributed by atoms with van der Waals surface area (Å²) < 4.78 is 0. The molecule has 1 aromatic rings. The molecule has 0 aliphatic heterocycles. The average Bonchev–Trinajstić information content (AvgIpc) is 2.27. The van der Waals surface area contributed by atoms with Gasteiger partial charge in [0.15, 0.2) is 0 Å². The van der Waals surface area contributed by atoms with Gasteiger partial charge >= 0.3 is 0 Å². The van der Waals surface area contributed by atoms with Crippen molar-refractivity contribution in [2.45, 2.75) is 33.2 Å². The third-order valence-electron chi connectivity index (χ3n) is 2.71. The van der Waals surface area contributed by atoms with Crippen LogP contribution < -0.4 is 10.6 Å². The molecule has 1 rings (SSSR count). The van der Waals surface area contributed by atoms with E-state index in [-0.39, 0.29) is 0 Å². The lowest BCUT2D eigenvalue weighted by Gasteiger charge is -2.14. The van der Waals surface area contributed by atoms with Gasteiger partial charge in [0.2, 0.25) is 5.95 Å². The molecule has 2 N–H and O–H groups in total. The van der Waals surface area contributed by atoms with Gasteiger partial charge in [-0.15, -0.1) is 0 Å². The molecule has 102 valence electrons. The molecule has 0 aromatic carbocycles. The third-order valence-corrected chi connectivity index (χ3v) is 2.71. The molecule has 18 heavy (non-hydrogen) atoms. The molecular weight excluding hydrogens is 226 g/mol. The molecule has 5 heteroatoms. The van der Waals surface area contributed by atoms with E-state index in [1.807, 2.05) is 13.0 Å². The highest BCUT2D eigenvalue weighted by Gasteiger charge is 2.04. The van der Waals surface area contributed by atoms with E-state index >= 15 is 0 Å². The van der Waals surface area contributed by atoms with E-state index in [2.05, 4.69) is 53.4 Å². The van der Waals surface area contributed by atoms with Gasteiger partial charge in [0, 0.05) is 30.9 Å². The van der Waals surface area contributed by atoms with Crippen LogP contribution in [0.4, 0.5) is 11.8 Å². The normalized spacial score (nSPS) is 12.6. The Bertz CT molecular complexity index is 364. The van der Waals surface area contributed by atoms with Crippen molar-refractivity contribution in [1.82, 2.24) is 14.9 Å². The summed E-state index contributed by atoms with van der Waals surface area (Å²) in [6, 6.07) is 2.36. The van der Waals surface area contributed by atoms with E-state index in [0.29, 0.717) is 12.0 Å². The van der Waals surface area contributed by atoms with E-state index in [4.69, 9.17) is 0 Å².